The molecule has 9 rings (SSSR count). The van der Waals surface area contributed by atoms with Gasteiger partial charge in [-0.1, -0.05) is 30.3 Å². The smallest absolute Gasteiger partial charge is 0.264 e. The highest BCUT2D eigenvalue weighted by Crippen LogP contribution is 2.39. The number of aromatic nitrogens is 2. The van der Waals surface area contributed by atoms with Gasteiger partial charge in [-0.3, -0.25) is 24.2 Å². The van der Waals surface area contributed by atoms with E-state index in [4.69, 9.17) is 14.2 Å². The van der Waals surface area contributed by atoms with Crippen molar-refractivity contribution < 1.29 is 38.1 Å². The zero-order chi connectivity index (χ0) is 49.9. The highest BCUT2D eigenvalue weighted by molar-refractivity contribution is 6.13. The minimum Gasteiger partial charge on any atom is -0.508 e. The lowest BCUT2D eigenvalue weighted by Gasteiger charge is -2.37. The second-order valence-corrected chi connectivity index (χ2v) is 18.6. The number of anilines is 2. The van der Waals surface area contributed by atoms with Crippen LogP contribution in [0.15, 0.2) is 91.0 Å². The molecule has 368 valence electrons. The summed E-state index contributed by atoms with van der Waals surface area (Å²) in [4.78, 5) is 52.0. The number of fused-ring (bicyclic) bond motifs is 2. The van der Waals surface area contributed by atoms with Crippen LogP contribution in [0.3, 0.4) is 0 Å². The number of ether oxygens (including phenoxy) is 3. The summed E-state index contributed by atoms with van der Waals surface area (Å²) in [6.45, 7) is 11.6. The average Bonchev–Trinajstić information content (AvgIpc) is 3.84. The molecule has 0 unspecified atom stereocenters. The molecule has 1 N–H and O–H groups in total. The second kappa shape index (κ2) is 21.0. The Hall–Kier alpha value is -7.25. The number of carbonyl (C=O) groups is 3. The van der Waals surface area contributed by atoms with Crippen molar-refractivity contribution in [3.8, 4) is 28.8 Å². The standard InChI is InChI=1S/C56H60FN7O7/c1-6-69-35-45-25-38-9-7-8-10-41(38)34-63(45)55(67)50-27-42-33-62(54(66)28-40-11-16-47(30-51(40)57)71-24-21-61-19-22-70-23-20-61)18-17-39(42)26-49(50)53-31-48(36(2)60(53)5)56(68)64(43-12-14-46(65)15-13-43)52-29-44(32-58)59(4)37(52)3/h7-16,26-27,29-31,45,65H,6,17-25,28,33-35H2,1-5H3/t45-/m0/s1. The van der Waals surface area contributed by atoms with Crippen LogP contribution in [0.5, 0.6) is 11.5 Å². The van der Waals surface area contributed by atoms with Crippen molar-refractivity contribution in [3.63, 3.8) is 0 Å². The van der Waals surface area contributed by atoms with Gasteiger partial charge in [-0.05, 0) is 116 Å². The van der Waals surface area contributed by atoms with Gasteiger partial charge in [-0.2, -0.15) is 5.26 Å². The fourth-order valence-electron chi connectivity index (χ4n) is 10.0. The average molecular weight is 962 g/mol. The molecule has 0 aliphatic carbocycles. The Labute approximate surface area is 414 Å². The van der Waals surface area contributed by atoms with E-state index < -0.39 is 5.82 Å². The minimum atomic E-state index is -0.505. The van der Waals surface area contributed by atoms with Gasteiger partial charge in [0.15, 0.2) is 0 Å². The first-order valence-electron chi connectivity index (χ1n) is 24.3. The van der Waals surface area contributed by atoms with Gasteiger partial charge in [0.2, 0.25) is 5.91 Å². The predicted molar refractivity (Wildman–Crippen MR) is 267 cm³/mol. The molecule has 0 spiro atoms. The van der Waals surface area contributed by atoms with Gasteiger partial charge in [-0.25, -0.2) is 4.39 Å². The van der Waals surface area contributed by atoms with Gasteiger partial charge in [-0.15, -0.1) is 0 Å². The van der Waals surface area contributed by atoms with E-state index in [-0.39, 0.29) is 48.0 Å². The zero-order valence-electron chi connectivity index (χ0n) is 41.0. The number of halogens is 1. The molecule has 1 atom stereocenters. The van der Waals surface area contributed by atoms with Crippen LogP contribution in [0.1, 0.15) is 72.5 Å². The number of hydrogen-bond acceptors (Lipinski definition) is 9. The third-order valence-corrected chi connectivity index (χ3v) is 14.4. The van der Waals surface area contributed by atoms with Crippen LogP contribution in [0.2, 0.25) is 0 Å². The Morgan fingerprint density at radius 3 is 2.34 bits per heavy atom. The van der Waals surface area contributed by atoms with Crippen molar-refractivity contribution >= 4 is 29.1 Å². The molecule has 2 aromatic heterocycles. The number of carbonyl (C=O) groups excluding carboxylic acids is 3. The largest absolute Gasteiger partial charge is 0.508 e. The molecule has 3 aliphatic rings. The number of phenolic OH excluding ortho intramolecular Hbond substituents is 1. The zero-order valence-corrected chi connectivity index (χ0v) is 41.0. The number of nitrogens with zero attached hydrogens (tertiary/aromatic N) is 7. The minimum absolute atomic E-state index is 0.0417. The van der Waals surface area contributed by atoms with Crippen LogP contribution >= 0.6 is 0 Å². The molecule has 0 saturated carbocycles. The molecule has 71 heavy (non-hydrogen) atoms. The van der Waals surface area contributed by atoms with Crippen molar-refractivity contribution in [2.45, 2.75) is 59.2 Å². The molecule has 3 aliphatic heterocycles. The monoisotopic (exact) mass is 961 g/mol. The third-order valence-electron chi connectivity index (χ3n) is 14.4. The quantitative estimate of drug-likeness (QED) is 0.116. The predicted octanol–water partition coefficient (Wildman–Crippen LogP) is 7.78. The molecular formula is C56H60FN7O7. The highest BCUT2D eigenvalue weighted by Gasteiger charge is 2.35. The SMILES string of the molecule is CCOC[C@@H]1Cc2ccccc2CN1C(=O)c1cc2c(cc1-c1cc(C(=O)N(c3ccc(O)cc3)c3cc(C#N)n(C)c3C)c(C)n1C)CCN(C(=O)Cc1ccc(OCCN3CCOCC3)cc1F)C2. The van der Waals surface area contributed by atoms with Crippen LogP contribution in [0, 0.1) is 31.0 Å². The van der Waals surface area contributed by atoms with Crippen molar-refractivity contribution in [2.75, 3.05) is 64.1 Å². The Morgan fingerprint density at radius 2 is 1.62 bits per heavy atom. The summed E-state index contributed by atoms with van der Waals surface area (Å²) >= 11 is 0. The molecule has 1 fully saturated rings. The molecular weight excluding hydrogens is 902 g/mol. The lowest BCUT2D eigenvalue weighted by atomic mass is 9.89. The molecule has 1 saturated heterocycles. The van der Waals surface area contributed by atoms with Crippen molar-refractivity contribution in [2.24, 2.45) is 14.1 Å². The number of benzene rings is 4. The van der Waals surface area contributed by atoms with E-state index in [0.717, 1.165) is 29.8 Å². The number of amides is 3. The Morgan fingerprint density at radius 1 is 0.859 bits per heavy atom. The Bertz CT molecular complexity index is 3020. The number of phenols is 1. The van der Waals surface area contributed by atoms with E-state index in [2.05, 4.69) is 17.0 Å². The first-order valence-corrected chi connectivity index (χ1v) is 24.3. The number of aromatic hydroxyl groups is 1. The van der Waals surface area contributed by atoms with Crippen LogP contribution in [0.4, 0.5) is 15.8 Å². The molecule has 4 aromatic carbocycles. The number of morpholine rings is 1. The maximum Gasteiger partial charge on any atom is 0.264 e. The van der Waals surface area contributed by atoms with E-state index >= 15 is 14.0 Å². The molecule has 15 heteroatoms. The maximum atomic E-state index is 15.5. The fraction of sp³-hybridized carbons (Fsp3) is 0.357. The molecule has 0 bridgehead atoms. The topological polar surface area (TPSA) is 146 Å². The van der Waals surface area contributed by atoms with Crippen LogP contribution in [-0.2, 0) is 60.7 Å². The summed E-state index contributed by atoms with van der Waals surface area (Å²) in [5.74, 6) is -0.852. The lowest BCUT2D eigenvalue weighted by molar-refractivity contribution is -0.131. The van der Waals surface area contributed by atoms with Crippen molar-refractivity contribution in [1.29, 1.82) is 5.26 Å². The summed E-state index contributed by atoms with van der Waals surface area (Å²) < 4.78 is 36.5. The summed E-state index contributed by atoms with van der Waals surface area (Å²) in [5, 5.41) is 20.2. The third kappa shape index (κ3) is 10.1. The lowest BCUT2D eigenvalue weighted by Crippen LogP contribution is -2.47. The van der Waals surface area contributed by atoms with Crippen LogP contribution < -0.4 is 9.64 Å². The van der Waals surface area contributed by atoms with Gasteiger partial charge in [0.25, 0.3) is 11.8 Å². The number of hydrogen-bond donors (Lipinski definition) is 1. The summed E-state index contributed by atoms with van der Waals surface area (Å²) in [7, 11) is 3.65. The van der Waals surface area contributed by atoms with Gasteiger partial charge in [0.05, 0.1) is 43.5 Å². The fourth-order valence-corrected chi connectivity index (χ4v) is 10.0. The molecule has 0 radical (unpaired) electrons. The molecule has 5 heterocycles. The second-order valence-electron chi connectivity index (χ2n) is 18.6. The number of rotatable bonds is 14. The Kier molecular flexibility index (Phi) is 14.4. The van der Waals surface area contributed by atoms with Crippen LogP contribution in [0.25, 0.3) is 11.3 Å². The van der Waals surface area contributed by atoms with Gasteiger partial charge in [0.1, 0.15) is 35.7 Å². The summed E-state index contributed by atoms with van der Waals surface area (Å²) in [5.41, 5.74) is 9.08. The van der Waals surface area contributed by atoms with Gasteiger partial charge < -0.3 is 38.3 Å². The van der Waals surface area contributed by atoms with E-state index in [1.165, 1.54) is 23.8 Å². The van der Waals surface area contributed by atoms with Crippen molar-refractivity contribution in [1.82, 2.24) is 23.8 Å². The normalized spacial score (nSPS) is 15.8. The molecule has 3 amide bonds. The molecule has 14 nitrogen and oxygen atoms in total. The van der Waals surface area contributed by atoms with E-state index in [1.807, 2.05) is 73.7 Å². The molecule has 6 aromatic rings. The van der Waals surface area contributed by atoms with E-state index in [9.17, 15) is 15.2 Å². The summed E-state index contributed by atoms with van der Waals surface area (Å²) in [6, 6.07) is 28.5. The summed E-state index contributed by atoms with van der Waals surface area (Å²) in [6.07, 6.45) is 0.972. The van der Waals surface area contributed by atoms with Gasteiger partial charge >= 0.3 is 0 Å². The van der Waals surface area contributed by atoms with E-state index in [1.54, 1.807) is 51.7 Å². The Balaban J connectivity index is 1.05. The number of nitriles is 1. The van der Waals surface area contributed by atoms with Crippen molar-refractivity contribution in [3.05, 3.63) is 153 Å². The van der Waals surface area contributed by atoms with Gasteiger partial charge in [0, 0.05) is 99.9 Å². The highest BCUT2D eigenvalue weighted by atomic mass is 19.1. The van der Waals surface area contributed by atoms with E-state index in [0.29, 0.717) is 122 Å². The first-order chi connectivity index (χ1) is 34.3. The van der Waals surface area contributed by atoms with Crippen LogP contribution in [-0.4, -0.2) is 112 Å². The maximum absolute atomic E-state index is 15.5. The first kappa shape index (κ1) is 48.8.